The van der Waals surface area contributed by atoms with Crippen LogP contribution in [0, 0.1) is 0 Å². The molecule has 9 heavy (non-hydrogen) atoms. The number of carbonyl (C=O) groups is 1. The maximum Gasteiger partial charge on any atom is 0.233 e. The predicted octanol–water partition coefficient (Wildman–Crippen LogP) is -0.140. The van der Waals surface area contributed by atoms with Crippen LogP contribution in [0.5, 0.6) is 0 Å². The summed E-state index contributed by atoms with van der Waals surface area (Å²) in [6.07, 6.45) is 0.950. The molecule has 54 valence electrons. The van der Waals surface area contributed by atoms with Crippen molar-refractivity contribution in [3.8, 4) is 0 Å². The zero-order valence-electron chi connectivity index (χ0n) is 5.98. The summed E-state index contributed by atoms with van der Waals surface area (Å²) in [5.74, 6) is -0.0793. The Morgan fingerprint density at radius 2 is 2.33 bits per heavy atom. The Labute approximate surface area is 55.6 Å². The first kappa shape index (κ1) is 8.43. The van der Waals surface area contributed by atoms with Crippen molar-refractivity contribution in [3.63, 3.8) is 0 Å². The molecule has 0 saturated carbocycles. The molecule has 0 aliphatic rings. The van der Waals surface area contributed by atoms with Gasteiger partial charge in [-0.2, -0.15) is 0 Å². The van der Waals surface area contributed by atoms with Gasteiger partial charge in [0.2, 0.25) is 5.91 Å². The van der Waals surface area contributed by atoms with Crippen LogP contribution in [-0.2, 0) is 4.79 Å². The number of rotatable bonds is 3. The molecule has 0 saturated heterocycles. The van der Waals surface area contributed by atoms with Gasteiger partial charge in [0.05, 0.1) is 6.54 Å². The molecule has 0 aromatic carbocycles. The van der Waals surface area contributed by atoms with E-state index in [1.54, 1.807) is 0 Å². The zero-order valence-corrected chi connectivity index (χ0v) is 5.98. The quantitative estimate of drug-likeness (QED) is 0.558. The Morgan fingerprint density at radius 1 is 1.78 bits per heavy atom. The van der Waals surface area contributed by atoms with Gasteiger partial charge in [-0.05, 0) is 13.3 Å². The summed E-state index contributed by atoms with van der Waals surface area (Å²) >= 11 is 0. The lowest BCUT2D eigenvalue weighted by Crippen LogP contribution is -2.36. The van der Waals surface area contributed by atoms with E-state index in [-0.39, 0.29) is 18.5 Å². The first-order valence-corrected chi connectivity index (χ1v) is 3.20. The highest BCUT2D eigenvalue weighted by Gasteiger charge is 2.00. The first-order valence-electron chi connectivity index (χ1n) is 3.20. The van der Waals surface area contributed by atoms with Crippen LogP contribution in [0.4, 0.5) is 0 Å². The van der Waals surface area contributed by atoms with E-state index in [4.69, 9.17) is 5.73 Å². The van der Waals surface area contributed by atoms with Crippen LogP contribution in [0.1, 0.15) is 20.3 Å². The Morgan fingerprint density at radius 3 is 2.67 bits per heavy atom. The van der Waals surface area contributed by atoms with Crippen molar-refractivity contribution in [1.29, 1.82) is 0 Å². The Balaban J connectivity index is 3.34. The van der Waals surface area contributed by atoms with E-state index < -0.39 is 0 Å². The lowest BCUT2D eigenvalue weighted by molar-refractivity contribution is -0.120. The molecule has 0 heterocycles. The molecular weight excluding hydrogens is 116 g/mol. The van der Waals surface area contributed by atoms with Crippen molar-refractivity contribution < 1.29 is 4.79 Å². The van der Waals surface area contributed by atoms with Gasteiger partial charge >= 0.3 is 0 Å². The monoisotopic (exact) mass is 130 g/mol. The fourth-order valence-electron chi connectivity index (χ4n) is 0.436. The molecule has 3 N–H and O–H groups in total. The molecule has 0 bridgehead atoms. The number of nitrogens with two attached hydrogens (primary N) is 1. The molecule has 3 nitrogen and oxygen atoms in total. The third-order valence-corrected chi connectivity index (χ3v) is 1.21. The third kappa shape index (κ3) is 3.97. The smallest absolute Gasteiger partial charge is 0.233 e. The van der Waals surface area contributed by atoms with Crippen LogP contribution >= 0.6 is 0 Å². The lowest BCUT2D eigenvalue weighted by atomic mass is 10.2. The van der Waals surface area contributed by atoms with Crippen molar-refractivity contribution in [3.05, 3.63) is 0 Å². The van der Waals surface area contributed by atoms with E-state index in [1.165, 1.54) is 0 Å². The van der Waals surface area contributed by atoms with Crippen LogP contribution in [-0.4, -0.2) is 18.5 Å². The van der Waals surface area contributed by atoms with Gasteiger partial charge in [0.15, 0.2) is 0 Å². The molecular formula is C6H14N2O. The van der Waals surface area contributed by atoms with Crippen LogP contribution in [0.25, 0.3) is 0 Å². The second-order valence-corrected chi connectivity index (χ2v) is 2.08. The molecule has 0 aliphatic heterocycles. The van der Waals surface area contributed by atoms with E-state index >= 15 is 0 Å². The molecule has 1 amide bonds. The van der Waals surface area contributed by atoms with Gasteiger partial charge < -0.3 is 11.1 Å². The Bertz CT molecular complexity index is 93.1. The minimum atomic E-state index is -0.0793. The second kappa shape index (κ2) is 4.32. The molecule has 0 fully saturated rings. The van der Waals surface area contributed by atoms with E-state index in [9.17, 15) is 4.79 Å². The van der Waals surface area contributed by atoms with Crippen molar-refractivity contribution in [2.45, 2.75) is 26.3 Å². The van der Waals surface area contributed by atoms with Crippen LogP contribution < -0.4 is 11.1 Å². The van der Waals surface area contributed by atoms with Gasteiger partial charge in [-0.3, -0.25) is 4.79 Å². The maximum atomic E-state index is 10.5. The molecule has 3 heteroatoms. The normalized spacial score (nSPS) is 12.8. The third-order valence-electron chi connectivity index (χ3n) is 1.21. The molecule has 1 atom stereocenters. The fourth-order valence-corrected chi connectivity index (χ4v) is 0.436. The number of hydrogen-bond donors (Lipinski definition) is 2. The SMILES string of the molecule is CC[C@H](C)NC(=O)CN. The van der Waals surface area contributed by atoms with Gasteiger partial charge in [-0.1, -0.05) is 6.92 Å². The van der Waals surface area contributed by atoms with E-state index in [2.05, 4.69) is 5.32 Å². The summed E-state index contributed by atoms with van der Waals surface area (Å²) in [6, 6.07) is 0.251. The minimum Gasteiger partial charge on any atom is -0.353 e. The highest BCUT2D eigenvalue weighted by molar-refractivity contribution is 5.77. The molecule has 0 spiro atoms. The summed E-state index contributed by atoms with van der Waals surface area (Å²) in [7, 11) is 0. The van der Waals surface area contributed by atoms with Gasteiger partial charge in [0.1, 0.15) is 0 Å². The number of carbonyl (C=O) groups excluding carboxylic acids is 1. The Kier molecular flexibility index (Phi) is 4.05. The summed E-state index contributed by atoms with van der Waals surface area (Å²) in [5.41, 5.74) is 5.06. The van der Waals surface area contributed by atoms with Gasteiger partial charge in [0.25, 0.3) is 0 Å². The van der Waals surface area contributed by atoms with Crippen LogP contribution in [0.3, 0.4) is 0 Å². The van der Waals surface area contributed by atoms with Gasteiger partial charge in [0, 0.05) is 6.04 Å². The fraction of sp³-hybridized carbons (Fsp3) is 0.833. The zero-order chi connectivity index (χ0) is 7.28. The first-order chi connectivity index (χ1) is 4.20. The molecule has 0 aliphatic carbocycles. The van der Waals surface area contributed by atoms with Crippen LogP contribution in [0.15, 0.2) is 0 Å². The standard InChI is InChI=1S/C6H14N2O/c1-3-5(2)8-6(9)4-7/h5H,3-4,7H2,1-2H3,(H,8,9)/t5-/m0/s1. The van der Waals surface area contributed by atoms with Crippen LogP contribution in [0.2, 0.25) is 0 Å². The topological polar surface area (TPSA) is 55.1 Å². The van der Waals surface area contributed by atoms with Crippen molar-refractivity contribution >= 4 is 5.91 Å². The molecule has 0 radical (unpaired) electrons. The summed E-state index contributed by atoms with van der Waals surface area (Å²) in [6.45, 7) is 4.05. The van der Waals surface area contributed by atoms with Crippen molar-refractivity contribution in [2.75, 3.05) is 6.54 Å². The molecule has 0 aromatic heterocycles. The highest BCUT2D eigenvalue weighted by atomic mass is 16.1. The molecule has 0 unspecified atom stereocenters. The summed E-state index contributed by atoms with van der Waals surface area (Å²) in [4.78, 5) is 10.5. The highest BCUT2D eigenvalue weighted by Crippen LogP contribution is 1.85. The van der Waals surface area contributed by atoms with Crippen molar-refractivity contribution in [1.82, 2.24) is 5.32 Å². The summed E-state index contributed by atoms with van der Waals surface area (Å²) in [5, 5.41) is 2.72. The van der Waals surface area contributed by atoms with E-state index in [0.717, 1.165) is 6.42 Å². The van der Waals surface area contributed by atoms with Gasteiger partial charge in [-0.15, -0.1) is 0 Å². The average Bonchev–Trinajstić information content (AvgIpc) is 1.87. The molecule has 0 rings (SSSR count). The predicted molar refractivity (Wildman–Crippen MR) is 37.0 cm³/mol. The number of amides is 1. The largest absolute Gasteiger partial charge is 0.353 e. The average molecular weight is 130 g/mol. The maximum absolute atomic E-state index is 10.5. The van der Waals surface area contributed by atoms with E-state index in [0.29, 0.717) is 0 Å². The number of nitrogens with one attached hydrogen (secondary N) is 1. The Hall–Kier alpha value is -0.570. The van der Waals surface area contributed by atoms with E-state index in [1.807, 2.05) is 13.8 Å². The lowest BCUT2D eigenvalue weighted by Gasteiger charge is -2.08. The second-order valence-electron chi connectivity index (χ2n) is 2.08. The summed E-state index contributed by atoms with van der Waals surface area (Å²) < 4.78 is 0. The van der Waals surface area contributed by atoms with Crippen molar-refractivity contribution in [2.24, 2.45) is 5.73 Å². The number of hydrogen-bond acceptors (Lipinski definition) is 2. The minimum absolute atomic E-state index is 0.0793. The molecule has 0 aromatic rings. The van der Waals surface area contributed by atoms with Gasteiger partial charge in [-0.25, -0.2) is 0 Å².